The summed E-state index contributed by atoms with van der Waals surface area (Å²) in [5.74, 6) is -0.376. The van der Waals surface area contributed by atoms with Gasteiger partial charge in [0.2, 0.25) is 0 Å². The molecule has 0 rings (SSSR count). The summed E-state index contributed by atoms with van der Waals surface area (Å²) in [6.07, 6.45) is 4.19. The monoisotopic (exact) mass is 157 g/mol. The van der Waals surface area contributed by atoms with Gasteiger partial charge in [0, 0.05) is 11.8 Å². The molecule has 0 amide bonds. The summed E-state index contributed by atoms with van der Waals surface area (Å²) >= 11 is 0. The zero-order chi connectivity index (χ0) is 8.69. The van der Waals surface area contributed by atoms with Crippen molar-refractivity contribution >= 4 is 5.97 Å². The second kappa shape index (κ2) is 5.77. The Balaban J connectivity index is 3.70. The van der Waals surface area contributed by atoms with Gasteiger partial charge in [-0.3, -0.25) is 0 Å². The second-order valence-corrected chi connectivity index (χ2v) is 2.35. The summed E-state index contributed by atoms with van der Waals surface area (Å²) < 4.78 is 4.41. The van der Waals surface area contributed by atoms with E-state index < -0.39 is 0 Å². The molecule has 0 aromatic heterocycles. The Morgan fingerprint density at radius 2 is 2.27 bits per heavy atom. The number of hydrogen-bond acceptors (Lipinski definition) is 3. The standard InChI is InChI=1S/C8H15NO2/c1-3-4-5-7(9)6-8(10)11-2/h6H,3-5,9H2,1-2H3/b7-6-. The number of allylic oxidation sites excluding steroid dienone is 1. The third-order valence-corrected chi connectivity index (χ3v) is 1.32. The fraction of sp³-hybridized carbons (Fsp3) is 0.625. The van der Waals surface area contributed by atoms with Gasteiger partial charge >= 0.3 is 5.97 Å². The third kappa shape index (κ3) is 5.45. The molecule has 64 valence electrons. The first-order valence-corrected chi connectivity index (χ1v) is 3.74. The molecule has 0 aliphatic rings. The molecule has 0 saturated carbocycles. The topological polar surface area (TPSA) is 52.3 Å². The van der Waals surface area contributed by atoms with Gasteiger partial charge in [0.1, 0.15) is 0 Å². The fourth-order valence-electron chi connectivity index (χ4n) is 0.663. The van der Waals surface area contributed by atoms with E-state index in [0.717, 1.165) is 19.3 Å². The van der Waals surface area contributed by atoms with Crippen molar-refractivity contribution in [1.29, 1.82) is 0 Å². The molecular weight excluding hydrogens is 142 g/mol. The van der Waals surface area contributed by atoms with Crippen LogP contribution >= 0.6 is 0 Å². The predicted octanol–water partition coefficient (Wildman–Crippen LogP) is 1.19. The number of carbonyl (C=O) groups is 1. The number of hydrogen-bond donors (Lipinski definition) is 1. The van der Waals surface area contributed by atoms with Crippen molar-refractivity contribution in [2.75, 3.05) is 7.11 Å². The first-order valence-electron chi connectivity index (χ1n) is 3.74. The molecule has 2 N–H and O–H groups in total. The van der Waals surface area contributed by atoms with Crippen LogP contribution in [0.3, 0.4) is 0 Å². The minimum atomic E-state index is -0.376. The van der Waals surface area contributed by atoms with Crippen LogP contribution in [-0.2, 0) is 9.53 Å². The summed E-state index contributed by atoms with van der Waals surface area (Å²) in [5.41, 5.74) is 6.09. The van der Waals surface area contributed by atoms with Crippen LogP contribution in [0.5, 0.6) is 0 Å². The lowest BCUT2D eigenvalue weighted by molar-refractivity contribution is -0.134. The molecule has 0 aromatic carbocycles. The van der Waals surface area contributed by atoms with Crippen molar-refractivity contribution in [1.82, 2.24) is 0 Å². The quantitative estimate of drug-likeness (QED) is 0.492. The lowest BCUT2D eigenvalue weighted by atomic mass is 10.2. The van der Waals surface area contributed by atoms with Crippen molar-refractivity contribution in [3.05, 3.63) is 11.8 Å². The van der Waals surface area contributed by atoms with E-state index in [1.807, 2.05) is 0 Å². The highest BCUT2D eigenvalue weighted by atomic mass is 16.5. The van der Waals surface area contributed by atoms with Gasteiger partial charge in [-0.1, -0.05) is 13.3 Å². The minimum absolute atomic E-state index is 0.376. The summed E-state index contributed by atoms with van der Waals surface area (Å²) in [6, 6.07) is 0. The van der Waals surface area contributed by atoms with Gasteiger partial charge in [-0.15, -0.1) is 0 Å². The average Bonchev–Trinajstić information content (AvgIpc) is 2.00. The SMILES string of the molecule is CCCC/C(N)=C/C(=O)OC. The zero-order valence-corrected chi connectivity index (χ0v) is 7.09. The summed E-state index contributed by atoms with van der Waals surface area (Å²) in [7, 11) is 1.34. The van der Waals surface area contributed by atoms with Gasteiger partial charge in [-0.2, -0.15) is 0 Å². The molecule has 0 atom stereocenters. The van der Waals surface area contributed by atoms with E-state index in [1.165, 1.54) is 13.2 Å². The zero-order valence-electron chi connectivity index (χ0n) is 7.09. The molecule has 0 aliphatic heterocycles. The van der Waals surface area contributed by atoms with Crippen LogP contribution < -0.4 is 5.73 Å². The minimum Gasteiger partial charge on any atom is -0.466 e. The van der Waals surface area contributed by atoms with Crippen molar-refractivity contribution in [2.24, 2.45) is 5.73 Å². The van der Waals surface area contributed by atoms with Crippen LogP contribution in [0.25, 0.3) is 0 Å². The van der Waals surface area contributed by atoms with Crippen LogP contribution in [0, 0.1) is 0 Å². The highest BCUT2D eigenvalue weighted by Crippen LogP contribution is 2.00. The summed E-state index contributed by atoms with van der Waals surface area (Å²) in [6.45, 7) is 2.07. The molecule has 0 aromatic rings. The number of ether oxygens (including phenoxy) is 1. The lowest BCUT2D eigenvalue weighted by Gasteiger charge is -1.97. The maximum absolute atomic E-state index is 10.6. The highest BCUT2D eigenvalue weighted by molar-refractivity contribution is 5.82. The van der Waals surface area contributed by atoms with Crippen LogP contribution in [0.2, 0.25) is 0 Å². The van der Waals surface area contributed by atoms with E-state index in [9.17, 15) is 4.79 Å². The molecule has 3 nitrogen and oxygen atoms in total. The molecule has 0 unspecified atom stereocenters. The third-order valence-electron chi connectivity index (χ3n) is 1.32. The van der Waals surface area contributed by atoms with Gasteiger partial charge in [-0.25, -0.2) is 4.79 Å². The Kier molecular flexibility index (Phi) is 5.25. The van der Waals surface area contributed by atoms with Crippen LogP contribution in [0.4, 0.5) is 0 Å². The maximum Gasteiger partial charge on any atom is 0.332 e. The molecule has 0 radical (unpaired) electrons. The van der Waals surface area contributed by atoms with Crippen molar-refractivity contribution in [3.63, 3.8) is 0 Å². The van der Waals surface area contributed by atoms with Gasteiger partial charge < -0.3 is 10.5 Å². The Labute approximate surface area is 67.2 Å². The number of rotatable bonds is 4. The van der Waals surface area contributed by atoms with E-state index in [2.05, 4.69) is 11.7 Å². The largest absolute Gasteiger partial charge is 0.466 e. The van der Waals surface area contributed by atoms with E-state index in [4.69, 9.17) is 5.73 Å². The number of carbonyl (C=O) groups excluding carboxylic acids is 1. The smallest absolute Gasteiger partial charge is 0.332 e. The molecule has 11 heavy (non-hydrogen) atoms. The predicted molar refractivity (Wildman–Crippen MR) is 43.8 cm³/mol. The van der Waals surface area contributed by atoms with E-state index in [1.54, 1.807) is 0 Å². The molecule has 3 heteroatoms. The van der Waals surface area contributed by atoms with Gasteiger partial charge in [-0.05, 0) is 12.8 Å². The maximum atomic E-state index is 10.6. The molecule has 0 heterocycles. The van der Waals surface area contributed by atoms with E-state index in [-0.39, 0.29) is 5.97 Å². The highest BCUT2D eigenvalue weighted by Gasteiger charge is 1.95. The number of nitrogens with two attached hydrogens (primary N) is 1. The molecular formula is C8H15NO2. The molecule has 0 aliphatic carbocycles. The molecule has 0 spiro atoms. The second-order valence-electron chi connectivity index (χ2n) is 2.35. The first-order chi connectivity index (χ1) is 5.20. The number of methoxy groups -OCH3 is 1. The number of unbranched alkanes of at least 4 members (excludes halogenated alkanes) is 1. The van der Waals surface area contributed by atoms with Crippen LogP contribution in [0.1, 0.15) is 26.2 Å². The van der Waals surface area contributed by atoms with Crippen molar-refractivity contribution < 1.29 is 9.53 Å². The Hall–Kier alpha value is -0.990. The summed E-state index contributed by atoms with van der Waals surface area (Å²) in [5, 5.41) is 0. The fourth-order valence-corrected chi connectivity index (χ4v) is 0.663. The summed E-state index contributed by atoms with van der Waals surface area (Å²) in [4.78, 5) is 10.6. The van der Waals surface area contributed by atoms with E-state index in [0.29, 0.717) is 5.70 Å². The normalized spacial score (nSPS) is 11.3. The Bertz CT molecular complexity index is 152. The van der Waals surface area contributed by atoms with Crippen molar-refractivity contribution in [3.8, 4) is 0 Å². The Morgan fingerprint density at radius 3 is 2.73 bits per heavy atom. The molecule has 0 saturated heterocycles. The average molecular weight is 157 g/mol. The van der Waals surface area contributed by atoms with Crippen LogP contribution in [0.15, 0.2) is 11.8 Å². The Morgan fingerprint density at radius 1 is 1.64 bits per heavy atom. The number of esters is 1. The van der Waals surface area contributed by atoms with Gasteiger partial charge in [0.15, 0.2) is 0 Å². The first kappa shape index (κ1) is 10.0. The van der Waals surface area contributed by atoms with E-state index >= 15 is 0 Å². The van der Waals surface area contributed by atoms with Crippen LogP contribution in [-0.4, -0.2) is 13.1 Å². The van der Waals surface area contributed by atoms with Crippen molar-refractivity contribution in [2.45, 2.75) is 26.2 Å². The molecule has 0 bridgehead atoms. The molecule has 0 fully saturated rings. The van der Waals surface area contributed by atoms with Gasteiger partial charge in [0.05, 0.1) is 7.11 Å². The van der Waals surface area contributed by atoms with Gasteiger partial charge in [0.25, 0.3) is 0 Å². The lowest BCUT2D eigenvalue weighted by Crippen LogP contribution is -2.03.